The maximum atomic E-state index is 3.04. The molecule has 0 aromatic heterocycles. The molecule has 6 unspecified atom stereocenters. The second-order valence-corrected chi connectivity index (χ2v) is 11.1. The molecule has 126 valence electrons. The highest BCUT2D eigenvalue weighted by molar-refractivity contribution is 5.23. The van der Waals surface area contributed by atoms with Crippen LogP contribution in [0.5, 0.6) is 0 Å². The second kappa shape index (κ2) is 4.52. The standard InChI is InChI=1S/C21H37N/c1-19(2,3)18-17-14-10-11-15(13-14)21(17)12-8-7-9-16(21)22(18)20(4,5)6/h14-18H,7-13H2,1-6H3. The molecule has 0 amide bonds. The van der Waals surface area contributed by atoms with E-state index in [1.54, 1.807) is 19.3 Å². The van der Waals surface area contributed by atoms with Gasteiger partial charge in [-0.3, -0.25) is 4.90 Å². The molecule has 4 rings (SSSR count). The van der Waals surface area contributed by atoms with E-state index in [1.165, 1.54) is 25.7 Å². The topological polar surface area (TPSA) is 3.24 Å². The molecule has 1 heteroatoms. The summed E-state index contributed by atoms with van der Waals surface area (Å²) >= 11 is 0. The van der Waals surface area contributed by atoms with Gasteiger partial charge in [0.25, 0.3) is 0 Å². The van der Waals surface area contributed by atoms with Gasteiger partial charge < -0.3 is 0 Å². The molecule has 1 spiro atoms. The fraction of sp³-hybridized carbons (Fsp3) is 1.00. The number of hydrogen-bond acceptors (Lipinski definition) is 1. The summed E-state index contributed by atoms with van der Waals surface area (Å²) in [5.41, 5.74) is 1.43. The van der Waals surface area contributed by atoms with Gasteiger partial charge in [0, 0.05) is 17.6 Å². The van der Waals surface area contributed by atoms with E-state index in [0.29, 0.717) is 16.4 Å². The van der Waals surface area contributed by atoms with Crippen molar-refractivity contribution in [3.05, 3.63) is 0 Å². The maximum absolute atomic E-state index is 3.04. The molecule has 3 saturated carbocycles. The molecule has 4 fully saturated rings. The van der Waals surface area contributed by atoms with Crippen LogP contribution >= 0.6 is 0 Å². The highest BCUT2D eigenvalue weighted by atomic mass is 15.3. The molecule has 1 nitrogen and oxygen atoms in total. The summed E-state index contributed by atoms with van der Waals surface area (Å²) in [5.74, 6) is 3.10. The van der Waals surface area contributed by atoms with Crippen molar-refractivity contribution in [3.63, 3.8) is 0 Å². The number of nitrogens with zero attached hydrogens (tertiary/aromatic N) is 1. The van der Waals surface area contributed by atoms with Crippen LogP contribution in [0, 0.1) is 28.6 Å². The summed E-state index contributed by atoms with van der Waals surface area (Å²) in [6, 6.07) is 1.68. The van der Waals surface area contributed by atoms with Gasteiger partial charge in [-0.05, 0) is 81.5 Å². The summed E-state index contributed by atoms with van der Waals surface area (Å²) in [4.78, 5) is 3.04. The van der Waals surface area contributed by atoms with E-state index < -0.39 is 0 Å². The Bertz CT molecular complexity index is 452. The van der Waals surface area contributed by atoms with Gasteiger partial charge in [0.15, 0.2) is 0 Å². The lowest BCUT2D eigenvalue weighted by Crippen LogP contribution is -2.56. The second-order valence-electron chi connectivity index (χ2n) is 11.1. The Morgan fingerprint density at radius 3 is 2.27 bits per heavy atom. The number of fused-ring (bicyclic) bond motifs is 3. The Balaban J connectivity index is 1.86. The molecular formula is C21H37N. The predicted octanol–water partition coefficient (Wildman–Crippen LogP) is 5.49. The number of hydrogen-bond donors (Lipinski definition) is 0. The molecule has 0 aromatic rings. The molecular weight excluding hydrogens is 266 g/mol. The predicted molar refractivity (Wildman–Crippen MR) is 93.8 cm³/mol. The molecule has 0 N–H and O–H groups in total. The third-order valence-corrected chi connectivity index (χ3v) is 7.96. The number of rotatable bonds is 0. The van der Waals surface area contributed by atoms with Crippen molar-refractivity contribution in [1.29, 1.82) is 0 Å². The SMILES string of the molecule is CC(C)(C)C1C2C3CCC(C3)C23CCCCC3N1C(C)(C)C. The molecule has 0 aromatic carbocycles. The van der Waals surface area contributed by atoms with E-state index in [2.05, 4.69) is 46.4 Å². The van der Waals surface area contributed by atoms with E-state index in [9.17, 15) is 0 Å². The summed E-state index contributed by atoms with van der Waals surface area (Å²) < 4.78 is 0. The number of likely N-dealkylation sites (tertiary alicyclic amines) is 1. The van der Waals surface area contributed by atoms with Gasteiger partial charge in [-0.25, -0.2) is 0 Å². The van der Waals surface area contributed by atoms with Gasteiger partial charge in [-0.2, -0.15) is 0 Å². The molecule has 1 aliphatic heterocycles. The lowest BCUT2D eigenvalue weighted by atomic mass is 9.56. The smallest absolute Gasteiger partial charge is 0.0189 e. The maximum Gasteiger partial charge on any atom is 0.0189 e. The average Bonchev–Trinajstić information content (AvgIpc) is 3.03. The van der Waals surface area contributed by atoms with Crippen molar-refractivity contribution in [2.24, 2.45) is 28.6 Å². The Labute approximate surface area is 138 Å². The van der Waals surface area contributed by atoms with Crippen molar-refractivity contribution >= 4 is 0 Å². The van der Waals surface area contributed by atoms with Crippen LogP contribution in [-0.2, 0) is 0 Å². The minimum atomic E-state index is 0.316. The summed E-state index contributed by atoms with van der Waals surface area (Å²) in [7, 11) is 0. The zero-order valence-corrected chi connectivity index (χ0v) is 15.8. The van der Waals surface area contributed by atoms with Crippen LogP contribution in [0.25, 0.3) is 0 Å². The lowest BCUT2D eigenvalue weighted by Gasteiger charge is -2.50. The van der Waals surface area contributed by atoms with Crippen LogP contribution in [0.1, 0.15) is 86.5 Å². The van der Waals surface area contributed by atoms with E-state index in [4.69, 9.17) is 0 Å². The Morgan fingerprint density at radius 2 is 1.64 bits per heavy atom. The molecule has 1 heterocycles. The third kappa shape index (κ3) is 1.81. The Kier molecular flexibility index (Phi) is 3.18. The summed E-state index contributed by atoms with van der Waals surface area (Å²) in [6.07, 6.45) is 10.7. The first-order valence-corrected chi connectivity index (χ1v) is 9.96. The van der Waals surface area contributed by atoms with Crippen LogP contribution in [0.3, 0.4) is 0 Å². The molecule has 6 atom stereocenters. The van der Waals surface area contributed by atoms with Gasteiger partial charge in [0.1, 0.15) is 0 Å². The van der Waals surface area contributed by atoms with Crippen molar-refractivity contribution in [1.82, 2.24) is 4.90 Å². The van der Waals surface area contributed by atoms with Crippen LogP contribution in [0.4, 0.5) is 0 Å². The zero-order valence-electron chi connectivity index (χ0n) is 15.8. The van der Waals surface area contributed by atoms with Crippen molar-refractivity contribution in [2.75, 3.05) is 0 Å². The van der Waals surface area contributed by atoms with E-state index in [0.717, 1.165) is 29.8 Å². The Morgan fingerprint density at radius 1 is 0.909 bits per heavy atom. The van der Waals surface area contributed by atoms with Gasteiger partial charge in [0.2, 0.25) is 0 Å². The highest BCUT2D eigenvalue weighted by Crippen LogP contribution is 2.72. The summed E-state index contributed by atoms with van der Waals surface area (Å²) in [6.45, 7) is 15.0. The van der Waals surface area contributed by atoms with Crippen molar-refractivity contribution < 1.29 is 0 Å². The molecule has 0 radical (unpaired) electrons. The first kappa shape index (κ1) is 15.5. The van der Waals surface area contributed by atoms with E-state index >= 15 is 0 Å². The zero-order chi connectivity index (χ0) is 15.9. The van der Waals surface area contributed by atoms with Gasteiger partial charge in [0.05, 0.1) is 0 Å². The Hall–Kier alpha value is -0.0400. The van der Waals surface area contributed by atoms with E-state index in [-0.39, 0.29) is 0 Å². The molecule has 22 heavy (non-hydrogen) atoms. The van der Waals surface area contributed by atoms with Crippen molar-refractivity contribution in [3.8, 4) is 0 Å². The van der Waals surface area contributed by atoms with Gasteiger partial charge in [-0.15, -0.1) is 0 Å². The largest absolute Gasteiger partial charge is 0.291 e. The van der Waals surface area contributed by atoms with Crippen LogP contribution < -0.4 is 0 Å². The lowest BCUT2D eigenvalue weighted by molar-refractivity contribution is -0.0154. The molecule has 4 aliphatic rings. The van der Waals surface area contributed by atoms with Crippen LogP contribution in [-0.4, -0.2) is 22.5 Å². The monoisotopic (exact) mass is 303 g/mol. The van der Waals surface area contributed by atoms with Gasteiger partial charge >= 0.3 is 0 Å². The fourth-order valence-corrected chi connectivity index (χ4v) is 7.77. The van der Waals surface area contributed by atoms with E-state index in [1.807, 2.05) is 0 Å². The first-order chi connectivity index (χ1) is 10.2. The molecule has 3 aliphatic carbocycles. The molecule has 2 bridgehead atoms. The third-order valence-electron chi connectivity index (χ3n) is 7.96. The quantitative estimate of drug-likeness (QED) is 0.572. The molecule has 1 saturated heterocycles. The average molecular weight is 304 g/mol. The van der Waals surface area contributed by atoms with Crippen LogP contribution in [0.15, 0.2) is 0 Å². The first-order valence-electron chi connectivity index (χ1n) is 9.96. The fourth-order valence-electron chi connectivity index (χ4n) is 7.77. The minimum absolute atomic E-state index is 0.316. The highest BCUT2D eigenvalue weighted by Gasteiger charge is 2.71. The van der Waals surface area contributed by atoms with Gasteiger partial charge in [-0.1, -0.05) is 33.6 Å². The summed E-state index contributed by atoms with van der Waals surface area (Å²) in [5, 5.41) is 0. The normalized spacial score (nSPS) is 48.5. The van der Waals surface area contributed by atoms with Crippen molar-refractivity contribution in [2.45, 2.75) is 104 Å². The van der Waals surface area contributed by atoms with Crippen LogP contribution in [0.2, 0.25) is 0 Å². The minimum Gasteiger partial charge on any atom is -0.291 e.